The van der Waals surface area contributed by atoms with Crippen LogP contribution in [0.4, 0.5) is 5.69 Å². The van der Waals surface area contributed by atoms with Crippen LogP contribution < -0.4 is 5.32 Å². The van der Waals surface area contributed by atoms with Crippen molar-refractivity contribution in [2.45, 2.75) is 26.8 Å². The molecule has 3 rings (SSSR count). The molecule has 0 aliphatic rings. The number of nitrogens with zero attached hydrogens (tertiary/aromatic N) is 4. The SMILES string of the molecule is CCc1ccc(CNc2cc(-n3cnnn3)ccc2C)s1. The Kier molecular flexibility index (Phi) is 3.96. The Hall–Kier alpha value is -2.21. The van der Waals surface area contributed by atoms with Crippen LogP contribution in [-0.2, 0) is 13.0 Å². The number of aryl methyl sites for hydroxylation is 2. The minimum absolute atomic E-state index is 0.838. The van der Waals surface area contributed by atoms with Crippen LogP contribution in [0.25, 0.3) is 5.69 Å². The molecular weight excluding hydrogens is 282 g/mol. The number of hydrogen-bond acceptors (Lipinski definition) is 5. The van der Waals surface area contributed by atoms with Gasteiger partial charge >= 0.3 is 0 Å². The van der Waals surface area contributed by atoms with Crippen LogP contribution in [-0.4, -0.2) is 20.2 Å². The van der Waals surface area contributed by atoms with Crippen molar-refractivity contribution in [2.24, 2.45) is 0 Å². The third-order valence-electron chi connectivity index (χ3n) is 3.35. The van der Waals surface area contributed by atoms with Gasteiger partial charge in [-0.2, -0.15) is 0 Å². The number of thiophene rings is 1. The monoisotopic (exact) mass is 299 g/mol. The minimum Gasteiger partial charge on any atom is -0.380 e. The van der Waals surface area contributed by atoms with Gasteiger partial charge in [0.05, 0.1) is 5.69 Å². The highest BCUT2D eigenvalue weighted by Gasteiger charge is 2.04. The first-order valence-corrected chi connectivity index (χ1v) is 7.73. The van der Waals surface area contributed by atoms with E-state index in [0.29, 0.717) is 0 Å². The fourth-order valence-corrected chi connectivity index (χ4v) is 3.01. The van der Waals surface area contributed by atoms with Gasteiger partial charge in [-0.3, -0.25) is 0 Å². The molecule has 2 aromatic heterocycles. The highest BCUT2D eigenvalue weighted by molar-refractivity contribution is 7.12. The maximum Gasteiger partial charge on any atom is 0.143 e. The van der Waals surface area contributed by atoms with Gasteiger partial charge in [-0.05, 0) is 53.6 Å². The molecule has 1 N–H and O–H groups in total. The fourth-order valence-electron chi connectivity index (χ4n) is 2.11. The molecule has 108 valence electrons. The van der Waals surface area contributed by atoms with Crippen LogP contribution in [0, 0.1) is 6.92 Å². The molecular formula is C15H17N5S. The number of anilines is 1. The van der Waals surface area contributed by atoms with Gasteiger partial charge < -0.3 is 5.32 Å². The highest BCUT2D eigenvalue weighted by Crippen LogP contribution is 2.22. The van der Waals surface area contributed by atoms with Crippen molar-refractivity contribution in [2.75, 3.05) is 5.32 Å². The summed E-state index contributed by atoms with van der Waals surface area (Å²) >= 11 is 1.86. The molecule has 0 aliphatic carbocycles. The zero-order chi connectivity index (χ0) is 14.7. The first-order valence-electron chi connectivity index (χ1n) is 6.91. The van der Waals surface area contributed by atoms with E-state index in [1.54, 1.807) is 11.0 Å². The van der Waals surface area contributed by atoms with E-state index in [1.807, 2.05) is 17.4 Å². The molecule has 0 saturated carbocycles. The molecule has 2 heterocycles. The third-order valence-corrected chi connectivity index (χ3v) is 4.58. The van der Waals surface area contributed by atoms with E-state index in [4.69, 9.17) is 0 Å². The second-order valence-corrected chi connectivity index (χ2v) is 6.08. The van der Waals surface area contributed by atoms with Crippen LogP contribution in [0.1, 0.15) is 22.2 Å². The van der Waals surface area contributed by atoms with Crippen LogP contribution in [0.3, 0.4) is 0 Å². The van der Waals surface area contributed by atoms with Crippen molar-refractivity contribution in [3.63, 3.8) is 0 Å². The normalized spacial score (nSPS) is 10.8. The van der Waals surface area contributed by atoms with Gasteiger partial charge in [0.15, 0.2) is 0 Å². The average Bonchev–Trinajstić information content (AvgIpc) is 3.18. The summed E-state index contributed by atoms with van der Waals surface area (Å²) in [6.07, 6.45) is 2.69. The summed E-state index contributed by atoms with van der Waals surface area (Å²) in [5, 5.41) is 14.8. The van der Waals surface area contributed by atoms with E-state index >= 15 is 0 Å². The van der Waals surface area contributed by atoms with Crippen molar-refractivity contribution in [3.8, 4) is 5.69 Å². The lowest BCUT2D eigenvalue weighted by molar-refractivity contribution is 0.789. The van der Waals surface area contributed by atoms with Crippen molar-refractivity contribution in [1.82, 2.24) is 20.2 Å². The summed E-state index contributed by atoms with van der Waals surface area (Å²) < 4.78 is 1.66. The Morgan fingerprint density at radius 2 is 2.05 bits per heavy atom. The van der Waals surface area contributed by atoms with Crippen molar-refractivity contribution in [1.29, 1.82) is 0 Å². The predicted octanol–water partition coefficient (Wildman–Crippen LogP) is 3.21. The minimum atomic E-state index is 0.838. The zero-order valence-electron chi connectivity index (χ0n) is 12.1. The van der Waals surface area contributed by atoms with Crippen LogP contribution in [0.15, 0.2) is 36.7 Å². The Morgan fingerprint density at radius 1 is 1.19 bits per heavy atom. The van der Waals surface area contributed by atoms with E-state index < -0.39 is 0 Å². The number of nitrogens with one attached hydrogen (secondary N) is 1. The maximum atomic E-state index is 3.92. The second-order valence-electron chi connectivity index (χ2n) is 4.83. The molecule has 21 heavy (non-hydrogen) atoms. The Morgan fingerprint density at radius 3 is 2.76 bits per heavy atom. The second kappa shape index (κ2) is 6.05. The van der Waals surface area contributed by atoms with Crippen molar-refractivity contribution < 1.29 is 0 Å². The molecule has 6 heteroatoms. The lowest BCUT2D eigenvalue weighted by atomic mass is 10.2. The molecule has 0 bridgehead atoms. The molecule has 0 atom stereocenters. The van der Waals surface area contributed by atoms with E-state index in [2.05, 4.69) is 59.0 Å². The summed E-state index contributed by atoms with van der Waals surface area (Å²) in [6.45, 7) is 5.12. The standard InChI is InChI=1S/C15H17N5S/c1-3-13-6-7-14(21-13)9-16-15-8-12(5-4-11(15)2)20-10-17-18-19-20/h4-8,10,16H,3,9H2,1-2H3. The Bertz CT molecular complexity index is 718. The number of aromatic nitrogens is 4. The van der Waals surface area contributed by atoms with Crippen molar-refractivity contribution >= 4 is 17.0 Å². The number of tetrazole rings is 1. The molecule has 0 amide bonds. The lowest BCUT2D eigenvalue weighted by Gasteiger charge is -2.10. The molecule has 0 spiro atoms. The first kappa shape index (κ1) is 13.8. The quantitative estimate of drug-likeness (QED) is 0.786. The smallest absolute Gasteiger partial charge is 0.143 e. The van der Waals surface area contributed by atoms with Crippen LogP contribution >= 0.6 is 11.3 Å². The van der Waals surface area contributed by atoms with Gasteiger partial charge in [0, 0.05) is 22.0 Å². The van der Waals surface area contributed by atoms with Crippen LogP contribution in [0.5, 0.6) is 0 Å². The van der Waals surface area contributed by atoms with Gasteiger partial charge in [-0.25, -0.2) is 4.68 Å². The average molecular weight is 299 g/mol. The van der Waals surface area contributed by atoms with E-state index in [1.165, 1.54) is 15.3 Å². The van der Waals surface area contributed by atoms with Crippen LogP contribution in [0.2, 0.25) is 0 Å². The summed E-state index contributed by atoms with van der Waals surface area (Å²) in [5.41, 5.74) is 3.27. The maximum absolute atomic E-state index is 3.92. The third kappa shape index (κ3) is 3.11. The molecule has 1 aromatic carbocycles. The summed E-state index contributed by atoms with van der Waals surface area (Å²) in [7, 11) is 0. The Balaban J connectivity index is 1.76. The number of hydrogen-bond donors (Lipinski definition) is 1. The molecule has 0 radical (unpaired) electrons. The summed E-state index contributed by atoms with van der Waals surface area (Å²) in [4.78, 5) is 2.77. The van der Waals surface area contributed by atoms with Gasteiger partial charge in [0.2, 0.25) is 0 Å². The molecule has 5 nitrogen and oxygen atoms in total. The number of benzene rings is 1. The van der Waals surface area contributed by atoms with E-state index in [9.17, 15) is 0 Å². The lowest BCUT2D eigenvalue weighted by Crippen LogP contribution is -2.02. The topological polar surface area (TPSA) is 55.6 Å². The van der Waals surface area contributed by atoms with Gasteiger partial charge in [0.25, 0.3) is 0 Å². The van der Waals surface area contributed by atoms with Gasteiger partial charge in [-0.15, -0.1) is 16.4 Å². The molecule has 0 unspecified atom stereocenters. The summed E-state index contributed by atoms with van der Waals surface area (Å²) in [5.74, 6) is 0. The Labute approximate surface area is 127 Å². The molecule has 0 saturated heterocycles. The molecule has 3 aromatic rings. The molecule has 0 aliphatic heterocycles. The van der Waals surface area contributed by atoms with E-state index in [-0.39, 0.29) is 0 Å². The predicted molar refractivity (Wildman–Crippen MR) is 84.9 cm³/mol. The van der Waals surface area contributed by atoms with Gasteiger partial charge in [0.1, 0.15) is 6.33 Å². The molecule has 0 fully saturated rings. The number of rotatable bonds is 5. The summed E-state index contributed by atoms with van der Waals surface area (Å²) in [6, 6.07) is 10.5. The largest absolute Gasteiger partial charge is 0.380 e. The van der Waals surface area contributed by atoms with Gasteiger partial charge in [-0.1, -0.05) is 13.0 Å². The zero-order valence-corrected chi connectivity index (χ0v) is 12.9. The van der Waals surface area contributed by atoms with Crippen molar-refractivity contribution in [3.05, 3.63) is 52.0 Å². The highest BCUT2D eigenvalue weighted by atomic mass is 32.1. The van der Waals surface area contributed by atoms with E-state index in [0.717, 1.165) is 24.3 Å². The fraction of sp³-hybridized carbons (Fsp3) is 0.267. The first-order chi connectivity index (χ1) is 10.3.